The Morgan fingerprint density at radius 1 is 1.37 bits per heavy atom. The van der Waals surface area contributed by atoms with Crippen LogP contribution < -0.4 is 0 Å². The largest absolute Gasteiger partial charge is 0.481 e. The highest BCUT2D eigenvalue weighted by atomic mass is 32.2. The minimum Gasteiger partial charge on any atom is -0.481 e. The molecule has 1 unspecified atom stereocenters. The molecular formula is C13H17NO4S. The molecule has 0 aromatic heterocycles. The van der Waals surface area contributed by atoms with E-state index in [1.165, 1.54) is 16.7 Å². The summed E-state index contributed by atoms with van der Waals surface area (Å²) in [6, 6.07) is 0.152. The maximum absolute atomic E-state index is 12.1. The highest BCUT2D eigenvalue weighted by Crippen LogP contribution is 2.52. The number of carboxylic acid groups (broad SMARTS) is 1. The number of carbonyl (C=O) groups excluding carboxylic acids is 2. The molecule has 2 amide bonds. The number of hydrogen-bond donors (Lipinski definition) is 1. The van der Waals surface area contributed by atoms with Crippen molar-refractivity contribution in [2.75, 3.05) is 5.75 Å². The van der Waals surface area contributed by atoms with Gasteiger partial charge in [-0.1, -0.05) is 0 Å². The van der Waals surface area contributed by atoms with Gasteiger partial charge in [0.25, 0.3) is 0 Å². The molecule has 1 heterocycles. The number of thioether (sulfide) groups is 1. The predicted molar refractivity (Wildman–Crippen MR) is 69.7 cm³/mol. The summed E-state index contributed by atoms with van der Waals surface area (Å²) in [6.45, 7) is 0. The summed E-state index contributed by atoms with van der Waals surface area (Å²) < 4.78 is 0. The first kappa shape index (κ1) is 13.0. The Bertz CT molecular complexity index is 442. The average molecular weight is 283 g/mol. The van der Waals surface area contributed by atoms with E-state index in [2.05, 4.69) is 0 Å². The molecule has 1 atom stereocenters. The number of nitrogens with zero attached hydrogens (tertiary/aromatic N) is 1. The van der Waals surface area contributed by atoms with Crippen LogP contribution in [-0.4, -0.2) is 44.8 Å². The first-order valence-corrected chi connectivity index (χ1v) is 7.75. The number of carboxylic acids is 1. The monoisotopic (exact) mass is 283 g/mol. The lowest BCUT2D eigenvalue weighted by molar-refractivity contribution is -0.139. The van der Waals surface area contributed by atoms with E-state index in [1.54, 1.807) is 0 Å². The zero-order valence-electron chi connectivity index (χ0n) is 10.6. The van der Waals surface area contributed by atoms with E-state index in [-0.39, 0.29) is 34.9 Å². The summed E-state index contributed by atoms with van der Waals surface area (Å²) in [5.74, 6) is -0.190. The van der Waals surface area contributed by atoms with Gasteiger partial charge >= 0.3 is 5.97 Å². The normalized spacial score (nSPS) is 28.8. The Morgan fingerprint density at radius 2 is 2.05 bits per heavy atom. The van der Waals surface area contributed by atoms with Crippen LogP contribution in [0.1, 0.15) is 38.5 Å². The number of likely N-dealkylation sites (tertiary alicyclic amines) is 1. The number of amides is 2. The van der Waals surface area contributed by atoms with Gasteiger partial charge in [-0.25, -0.2) is 0 Å². The van der Waals surface area contributed by atoms with Crippen LogP contribution in [0.4, 0.5) is 0 Å². The van der Waals surface area contributed by atoms with Crippen molar-refractivity contribution in [2.24, 2.45) is 5.41 Å². The quantitative estimate of drug-likeness (QED) is 0.743. The molecular weight excluding hydrogens is 266 g/mol. The summed E-state index contributed by atoms with van der Waals surface area (Å²) in [6.07, 6.45) is 4.21. The molecule has 5 nitrogen and oxygen atoms in total. The zero-order valence-corrected chi connectivity index (χ0v) is 11.4. The lowest BCUT2D eigenvalue weighted by Gasteiger charge is -2.16. The fourth-order valence-corrected chi connectivity index (χ4v) is 4.08. The molecule has 1 aliphatic heterocycles. The number of carbonyl (C=O) groups is 3. The molecule has 19 heavy (non-hydrogen) atoms. The van der Waals surface area contributed by atoms with Crippen LogP contribution >= 0.6 is 11.8 Å². The molecule has 6 heteroatoms. The number of hydrogen-bond acceptors (Lipinski definition) is 4. The van der Waals surface area contributed by atoms with Gasteiger partial charge in [0.1, 0.15) is 0 Å². The van der Waals surface area contributed by atoms with Crippen LogP contribution in [0.15, 0.2) is 0 Å². The second-order valence-corrected chi connectivity index (χ2v) is 7.10. The van der Waals surface area contributed by atoms with Crippen LogP contribution in [0.25, 0.3) is 0 Å². The van der Waals surface area contributed by atoms with E-state index >= 15 is 0 Å². The molecule has 0 aromatic carbocycles. The van der Waals surface area contributed by atoms with E-state index in [0.29, 0.717) is 12.2 Å². The molecule has 1 saturated heterocycles. The van der Waals surface area contributed by atoms with Crippen LogP contribution in [-0.2, 0) is 14.4 Å². The van der Waals surface area contributed by atoms with Crippen molar-refractivity contribution in [1.82, 2.24) is 4.90 Å². The van der Waals surface area contributed by atoms with Gasteiger partial charge in [-0.3, -0.25) is 19.3 Å². The number of aliphatic carboxylic acids is 1. The molecule has 0 spiro atoms. The third-order valence-corrected chi connectivity index (χ3v) is 5.68. The highest BCUT2D eigenvalue weighted by Gasteiger charge is 2.49. The molecule has 0 aromatic rings. The lowest BCUT2D eigenvalue weighted by atomic mass is 10.1. The molecule has 2 aliphatic carbocycles. The maximum Gasteiger partial charge on any atom is 0.303 e. The summed E-state index contributed by atoms with van der Waals surface area (Å²) in [7, 11) is 0. The summed E-state index contributed by atoms with van der Waals surface area (Å²) in [5.41, 5.74) is -0.118. The molecule has 3 aliphatic rings. The fourth-order valence-electron chi connectivity index (χ4n) is 2.62. The first-order valence-electron chi connectivity index (χ1n) is 6.70. The molecule has 0 radical (unpaired) electrons. The van der Waals surface area contributed by atoms with Crippen molar-refractivity contribution in [3.63, 3.8) is 0 Å². The van der Waals surface area contributed by atoms with Crippen molar-refractivity contribution in [3.05, 3.63) is 0 Å². The molecule has 2 saturated carbocycles. The SMILES string of the molecule is O=C(O)CC1(CSC2CC(=O)N(C3CC3)C2=O)CC1. The Kier molecular flexibility index (Phi) is 3.08. The van der Waals surface area contributed by atoms with Crippen molar-refractivity contribution >= 4 is 29.5 Å². The summed E-state index contributed by atoms with van der Waals surface area (Å²) in [5, 5.41) is 8.58. The minimum absolute atomic E-state index is 0.0481. The van der Waals surface area contributed by atoms with Gasteiger partial charge in [0.2, 0.25) is 11.8 Å². The molecule has 3 fully saturated rings. The molecule has 3 rings (SSSR count). The average Bonchev–Trinajstić information content (AvgIpc) is 3.21. The molecule has 104 valence electrons. The Morgan fingerprint density at radius 3 is 2.58 bits per heavy atom. The zero-order chi connectivity index (χ0) is 13.6. The third-order valence-electron chi connectivity index (χ3n) is 4.13. The Balaban J connectivity index is 1.55. The van der Waals surface area contributed by atoms with E-state index in [4.69, 9.17) is 5.11 Å². The van der Waals surface area contributed by atoms with Crippen LogP contribution in [0.5, 0.6) is 0 Å². The van der Waals surface area contributed by atoms with Crippen LogP contribution in [0.3, 0.4) is 0 Å². The Labute approximate surface area is 115 Å². The van der Waals surface area contributed by atoms with Gasteiger partial charge in [-0.05, 0) is 31.1 Å². The number of imide groups is 1. The van der Waals surface area contributed by atoms with E-state index < -0.39 is 5.97 Å². The number of rotatable bonds is 6. The van der Waals surface area contributed by atoms with E-state index in [1.807, 2.05) is 0 Å². The molecule has 1 N–H and O–H groups in total. The van der Waals surface area contributed by atoms with E-state index in [0.717, 1.165) is 25.7 Å². The smallest absolute Gasteiger partial charge is 0.303 e. The standard InChI is InChI=1S/C13H17NO4S/c15-10-5-9(12(18)14(10)8-1-2-8)19-7-13(3-4-13)6-11(16)17/h8-9H,1-7H2,(H,16,17). The first-order chi connectivity index (χ1) is 9.01. The van der Waals surface area contributed by atoms with Gasteiger partial charge in [-0.2, -0.15) is 0 Å². The van der Waals surface area contributed by atoms with Crippen LogP contribution in [0.2, 0.25) is 0 Å². The minimum atomic E-state index is -0.772. The lowest BCUT2D eigenvalue weighted by Crippen LogP contribution is -2.33. The predicted octanol–water partition coefficient (Wildman–Crippen LogP) is 1.26. The summed E-state index contributed by atoms with van der Waals surface area (Å²) >= 11 is 1.48. The second-order valence-electron chi connectivity index (χ2n) is 5.91. The van der Waals surface area contributed by atoms with Crippen molar-refractivity contribution < 1.29 is 19.5 Å². The molecule has 0 bridgehead atoms. The second kappa shape index (κ2) is 4.51. The van der Waals surface area contributed by atoms with Gasteiger partial charge in [0.05, 0.1) is 11.7 Å². The van der Waals surface area contributed by atoms with Crippen molar-refractivity contribution in [1.29, 1.82) is 0 Å². The topological polar surface area (TPSA) is 74.7 Å². The Hall–Kier alpha value is -1.04. The fraction of sp³-hybridized carbons (Fsp3) is 0.769. The highest BCUT2D eigenvalue weighted by molar-refractivity contribution is 8.00. The van der Waals surface area contributed by atoms with Gasteiger partial charge < -0.3 is 5.11 Å². The van der Waals surface area contributed by atoms with E-state index in [9.17, 15) is 14.4 Å². The van der Waals surface area contributed by atoms with Gasteiger partial charge in [0, 0.05) is 18.2 Å². The maximum atomic E-state index is 12.1. The van der Waals surface area contributed by atoms with Gasteiger partial charge in [0.15, 0.2) is 0 Å². The van der Waals surface area contributed by atoms with Gasteiger partial charge in [-0.15, -0.1) is 11.8 Å². The van der Waals surface area contributed by atoms with Crippen molar-refractivity contribution in [3.8, 4) is 0 Å². The summed E-state index contributed by atoms with van der Waals surface area (Å²) in [4.78, 5) is 36.1. The van der Waals surface area contributed by atoms with Crippen molar-refractivity contribution in [2.45, 2.75) is 49.8 Å². The van der Waals surface area contributed by atoms with Crippen LogP contribution in [0, 0.1) is 5.41 Å². The third kappa shape index (κ3) is 2.63.